The average molecular weight is 194 g/mol. The van der Waals surface area contributed by atoms with Crippen LogP contribution in [0.3, 0.4) is 0 Å². The summed E-state index contributed by atoms with van der Waals surface area (Å²) in [7, 11) is 0. The molecule has 0 saturated carbocycles. The normalized spacial score (nSPS) is 10.6. The molecule has 0 radical (unpaired) electrons. The fourth-order valence-corrected chi connectivity index (χ4v) is 1.48. The first kappa shape index (κ1) is 8.32. The van der Waals surface area contributed by atoms with Gasteiger partial charge in [0.25, 0.3) is 0 Å². The van der Waals surface area contributed by atoms with E-state index in [-0.39, 0.29) is 5.75 Å². The molecule has 2 aromatic rings. The zero-order valence-electron chi connectivity index (χ0n) is 7.08. The Hall–Kier alpha value is -1.28. The van der Waals surface area contributed by atoms with Crippen molar-refractivity contribution >= 4 is 22.5 Å². The minimum absolute atomic E-state index is 0.176. The highest BCUT2D eigenvalue weighted by Gasteiger charge is 2.02. The number of aromatic nitrogens is 1. The van der Waals surface area contributed by atoms with E-state index in [0.29, 0.717) is 5.15 Å². The van der Waals surface area contributed by atoms with Crippen molar-refractivity contribution in [3.63, 3.8) is 0 Å². The number of nitrogens with zero attached hydrogens (tertiary/aromatic N) is 1. The van der Waals surface area contributed by atoms with Crippen molar-refractivity contribution in [1.29, 1.82) is 0 Å². The number of pyridine rings is 1. The van der Waals surface area contributed by atoms with Gasteiger partial charge in [0.1, 0.15) is 10.9 Å². The fourth-order valence-electron chi connectivity index (χ4n) is 1.29. The molecule has 0 aliphatic carbocycles. The largest absolute Gasteiger partial charge is 0.507 e. The van der Waals surface area contributed by atoms with Crippen LogP contribution < -0.4 is 0 Å². The van der Waals surface area contributed by atoms with Crippen molar-refractivity contribution in [1.82, 2.24) is 4.98 Å². The topological polar surface area (TPSA) is 33.1 Å². The van der Waals surface area contributed by atoms with E-state index < -0.39 is 0 Å². The van der Waals surface area contributed by atoms with Gasteiger partial charge in [-0.15, -0.1) is 0 Å². The van der Waals surface area contributed by atoms with Gasteiger partial charge in [-0.2, -0.15) is 0 Å². The molecule has 0 aliphatic heterocycles. The number of hydrogen-bond acceptors (Lipinski definition) is 2. The maximum atomic E-state index is 9.52. The first-order chi connectivity index (χ1) is 6.16. The number of hydrogen-bond donors (Lipinski definition) is 1. The molecule has 2 nitrogen and oxygen atoms in total. The molecule has 0 saturated heterocycles. The van der Waals surface area contributed by atoms with Crippen molar-refractivity contribution in [3.8, 4) is 5.75 Å². The lowest BCUT2D eigenvalue weighted by atomic mass is 10.1. The van der Waals surface area contributed by atoms with E-state index in [1.165, 1.54) is 6.07 Å². The summed E-state index contributed by atoms with van der Waals surface area (Å²) in [5.74, 6) is 0.176. The summed E-state index contributed by atoms with van der Waals surface area (Å²) in [5, 5.41) is 10.6. The highest BCUT2D eigenvalue weighted by atomic mass is 35.5. The highest BCUT2D eigenvalue weighted by Crippen LogP contribution is 2.26. The molecule has 1 aromatic heterocycles. The minimum Gasteiger partial charge on any atom is -0.507 e. The predicted octanol–water partition coefficient (Wildman–Crippen LogP) is 2.90. The first-order valence-electron chi connectivity index (χ1n) is 3.93. The molecule has 1 heterocycles. The Balaban J connectivity index is 2.86. The maximum absolute atomic E-state index is 9.52. The Morgan fingerprint density at radius 2 is 2.08 bits per heavy atom. The van der Waals surface area contributed by atoms with E-state index in [4.69, 9.17) is 11.6 Å². The summed E-state index contributed by atoms with van der Waals surface area (Å²) in [5.41, 5.74) is 1.83. The Kier molecular flexibility index (Phi) is 1.85. The van der Waals surface area contributed by atoms with Crippen LogP contribution in [0.5, 0.6) is 5.75 Å². The Morgan fingerprint density at radius 1 is 1.31 bits per heavy atom. The predicted molar refractivity (Wildman–Crippen MR) is 53.2 cm³/mol. The number of aryl methyl sites for hydroxylation is 1. The number of halogens is 1. The monoisotopic (exact) mass is 193 g/mol. The SMILES string of the molecule is Cc1ccc2c(O)cc(Cl)nc2c1. The summed E-state index contributed by atoms with van der Waals surface area (Å²) >= 11 is 5.71. The van der Waals surface area contributed by atoms with Gasteiger partial charge in [0.15, 0.2) is 0 Å². The van der Waals surface area contributed by atoms with Crippen LogP contribution in [0.25, 0.3) is 10.9 Å². The van der Waals surface area contributed by atoms with Crippen LogP contribution in [0, 0.1) is 6.92 Å². The van der Waals surface area contributed by atoms with Crippen molar-refractivity contribution in [2.75, 3.05) is 0 Å². The second-order valence-corrected chi connectivity index (χ2v) is 3.37. The maximum Gasteiger partial charge on any atom is 0.133 e. The molecule has 3 heteroatoms. The number of fused-ring (bicyclic) bond motifs is 1. The molecule has 0 aliphatic rings. The van der Waals surface area contributed by atoms with Crippen molar-refractivity contribution < 1.29 is 5.11 Å². The van der Waals surface area contributed by atoms with Crippen molar-refractivity contribution in [2.45, 2.75) is 6.92 Å². The Bertz CT molecular complexity index is 462. The molecule has 2 rings (SSSR count). The van der Waals surface area contributed by atoms with Gasteiger partial charge >= 0.3 is 0 Å². The van der Waals surface area contributed by atoms with Crippen molar-refractivity contribution in [3.05, 3.63) is 35.0 Å². The zero-order valence-corrected chi connectivity index (χ0v) is 7.84. The second kappa shape index (κ2) is 2.89. The molecule has 0 bridgehead atoms. The van der Waals surface area contributed by atoms with Crippen LogP contribution in [0.1, 0.15) is 5.56 Å². The first-order valence-corrected chi connectivity index (χ1v) is 4.30. The van der Waals surface area contributed by atoms with Gasteiger partial charge in [0, 0.05) is 11.5 Å². The van der Waals surface area contributed by atoms with E-state index in [2.05, 4.69) is 4.98 Å². The number of rotatable bonds is 0. The van der Waals surface area contributed by atoms with Gasteiger partial charge in [-0.25, -0.2) is 4.98 Å². The molecule has 0 atom stereocenters. The van der Waals surface area contributed by atoms with Crippen molar-refractivity contribution in [2.24, 2.45) is 0 Å². The quantitative estimate of drug-likeness (QED) is 0.653. The lowest BCUT2D eigenvalue weighted by molar-refractivity contribution is 0.481. The highest BCUT2D eigenvalue weighted by molar-refractivity contribution is 6.30. The third-order valence-electron chi connectivity index (χ3n) is 1.91. The minimum atomic E-state index is 0.176. The molecule has 66 valence electrons. The average Bonchev–Trinajstić information content (AvgIpc) is 2.02. The molecular weight excluding hydrogens is 186 g/mol. The molecule has 1 N–H and O–H groups in total. The van der Waals surface area contributed by atoms with Gasteiger partial charge in [0.05, 0.1) is 5.52 Å². The van der Waals surface area contributed by atoms with Crippen LogP contribution in [-0.2, 0) is 0 Å². The second-order valence-electron chi connectivity index (χ2n) is 2.98. The Morgan fingerprint density at radius 3 is 2.85 bits per heavy atom. The third kappa shape index (κ3) is 1.45. The van der Waals surface area contributed by atoms with E-state index in [0.717, 1.165) is 16.5 Å². The van der Waals surface area contributed by atoms with Crippen LogP contribution >= 0.6 is 11.6 Å². The van der Waals surface area contributed by atoms with Gasteiger partial charge in [-0.1, -0.05) is 17.7 Å². The molecule has 0 amide bonds. The molecule has 1 aromatic carbocycles. The molecule has 0 unspecified atom stereocenters. The third-order valence-corrected chi connectivity index (χ3v) is 2.11. The fraction of sp³-hybridized carbons (Fsp3) is 0.100. The zero-order chi connectivity index (χ0) is 9.42. The number of benzene rings is 1. The number of aromatic hydroxyl groups is 1. The van der Waals surface area contributed by atoms with Gasteiger partial charge in [0.2, 0.25) is 0 Å². The standard InChI is InChI=1S/C10H8ClNO/c1-6-2-3-7-8(4-6)12-10(11)5-9(7)13/h2-5H,1H3,(H,12,13). The van der Waals surface area contributed by atoms with E-state index >= 15 is 0 Å². The van der Waals surface area contributed by atoms with E-state index in [1.54, 1.807) is 0 Å². The summed E-state index contributed by atoms with van der Waals surface area (Å²) in [4.78, 5) is 4.10. The van der Waals surface area contributed by atoms with Gasteiger partial charge in [-0.3, -0.25) is 0 Å². The summed E-state index contributed by atoms with van der Waals surface area (Å²) in [6.45, 7) is 1.97. The Labute approximate surface area is 80.8 Å². The van der Waals surface area contributed by atoms with Crippen LogP contribution in [-0.4, -0.2) is 10.1 Å². The molecule has 13 heavy (non-hydrogen) atoms. The van der Waals surface area contributed by atoms with Gasteiger partial charge in [-0.05, 0) is 24.6 Å². The van der Waals surface area contributed by atoms with Crippen LogP contribution in [0.2, 0.25) is 5.15 Å². The molecular formula is C10H8ClNO. The van der Waals surface area contributed by atoms with E-state index in [9.17, 15) is 5.11 Å². The molecule has 0 spiro atoms. The summed E-state index contributed by atoms with van der Waals surface area (Å²) < 4.78 is 0. The van der Waals surface area contributed by atoms with E-state index in [1.807, 2.05) is 25.1 Å². The van der Waals surface area contributed by atoms with Crippen LogP contribution in [0.4, 0.5) is 0 Å². The lowest BCUT2D eigenvalue weighted by Crippen LogP contribution is -1.82. The lowest BCUT2D eigenvalue weighted by Gasteiger charge is -2.01. The smallest absolute Gasteiger partial charge is 0.133 e. The summed E-state index contributed by atoms with van der Waals surface area (Å²) in [6.07, 6.45) is 0. The molecule has 0 fully saturated rings. The summed E-state index contributed by atoms with van der Waals surface area (Å²) in [6, 6.07) is 7.10. The van der Waals surface area contributed by atoms with Gasteiger partial charge < -0.3 is 5.11 Å². The van der Waals surface area contributed by atoms with Crippen LogP contribution in [0.15, 0.2) is 24.3 Å².